The number of carboxylic acids is 1. The van der Waals surface area contributed by atoms with Crippen LogP contribution in [0.4, 0.5) is 0 Å². The third-order valence-electron chi connectivity index (χ3n) is 1.16. The summed E-state index contributed by atoms with van der Waals surface area (Å²) in [4.78, 5) is 8.76. The van der Waals surface area contributed by atoms with Crippen LogP contribution in [0.25, 0.3) is 0 Å². The average molecular weight is 191 g/mol. The van der Waals surface area contributed by atoms with Crippen molar-refractivity contribution < 1.29 is 9.90 Å². The number of rotatable bonds is 1. The van der Waals surface area contributed by atoms with Gasteiger partial charge in [0.15, 0.2) is 0 Å². The van der Waals surface area contributed by atoms with Crippen molar-refractivity contribution in [3.63, 3.8) is 0 Å². The Kier molecular flexibility index (Phi) is 2.09. The van der Waals surface area contributed by atoms with E-state index >= 15 is 0 Å². The number of nitrogens with one attached hydrogen (secondary N) is 1. The monoisotopic (exact) mass is 190 g/mol. The standard InChI is InChI=1S/C5H3ClN2O2S/c6-5(4(9)10)3(1-7)2-11-8-5/h2,8H,(H,9,10). The quantitative estimate of drug-likeness (QED) is 0.361. The van der Waals surface area contributed by atoms with Gasteiger partial charge in [0.1, 0.15) is 0 Å². The molecule has 0 radical (unpaired) electrons. The van der Waals surface area contributed by atoms with Gasteiger partial charge in [-0.05, 0) is 11.9 Å². The second-order valence-electron chi connectivity index (χ2n) is 1.83. The third-order valence-corrected chi connectivity index (χ3v) is 2.51. The fourth-order valence-corrected chi connectivity index (χ4v) is 1.63. The van der Waals surface area contributed by atoms with Crippen molar-refractivity contribution in [1.82, 2.24) is 4.72 Å². The zero-order valence-electron chi connectivity index (χ0n) is 5.17. The van der Waals surface area contributed by atoms with Crippen molar-refractivity contribution in [3.8, 4) is 6.07 Å². The van der Waals surface area contributed by atoms with Crippen LogP contribution < -0.4 is 4.72 Å². The molecule has 4 nitrogen and oxygen atoms in total. The van der Waals surface area contributed by atoms with E-state index in [1.165, 1.54) is 5.41 Å². The highest BCUT2D eigenvalue weighted by Crippen LogP contribution is 2.32. The van der Waals surface area contributed by atoms with Crippen molar-refractivity contribution in [2.24, 2.45) is 0 Å². The molecule has 1 atom stereocenters. The Hall–Kier alpha value is -0.700. The van der Waals surface area contributed by atoms with E-state index in [1.54, 1.807) is 6.07 Å². The molecule has 1 aliphatic rings. The molecule has 0 aromatic carbocycles. The molecule has 11 heavy (non-hydrogen) atoms. The molecule has 0 saturated heterocycles. The highest BCUT2D eigenvalue weighted by atomic mass is 35.5. The van der Waals surface area contributed by atoms with E-state index in [4.69, 9.17) is 22.0 Å². The van der Waals surface area contributed by atoms with Crippen LogP contribution in [0.15, 0.2) is 11.0 Å². The van der Waals surface area contributed by atoms with E-state index in [-0.39, 0.29) is 5.57 Å². The number of nitriles is 1. The molecule has 0 amide bonds. The molecule has 2 N–H and O–H groups in total. The fourth-order valence-electron chi connectivity index (χ4n) is 0.568. The van der Waals surface area contributed by atoms with Gasteiger partial charge in [0.25, 0.3) is 0 Å². The van der Waals surface area contributed by atoms with Crippen LogP contribution in [0.2, 0.25) is 0 Å². The second-order valence-corrected chi connectivity index (χ2v) is 3.07. The van der Waals surface area contributed by atoms with Crippen molar-refractivity contribution in [3.05, 3.63) is 11.0 Å². The molecule has 0 bridgehead atoms. The summed E-state index contributed by atoms with van der Waals surface area (Å²) >= 11 is 6.54. The SMILES string of the molecule is N#CC1=CSNC1(Cl)C(=O)O. The van der Waals surface area contributed by atoms with Gasteiger partial charge in [-0.2, -0.15) is 5.26 Å². The highest BCUT2D eigenvalue weighted by molar-refractivity contribution is 8.00. The molecule has 0 spiro atoms. The van der Waals surface area contributed by atoms with Crippen LogP contribution in [0.3, 0.4) is 0 Å². The Morgan fingerprint density at radius 3 is 3.00 bits per heavy atom. The maximum atomic E-state index is 10.5. The van der Waals surface area contributed by atoms with Gasteiger partial charge in [0.05, 0.1) is 11.6 Å². The summed E-state index contributed by atoms with van der Waals surface area (Å²) in [6.45, 7) is 0. The van der Waals surface area contributed by atoms with Crippen LogP contribution in [-0.4, -0.2) is 16.1 Å². The minimum Gasteiger partial charge on any atom is -0.479 e. The van der Waals surface area contributed by atoms with Crippen molar-refractivity contribution in [2.45, 2.75) is 5.00 Å². The van der Waals surface area contributed by atoms with Crippen LogP contribution in [0.5, 0.6) is 0 Å². The van der Waals surface area contributed by atoms with Crippen molar-refractivity contribution in [1.29, 1.82) is 5.26 Å². The lowest BCUT2D eigenvalue weighted by Gasteiger charge is -2.14. The fraction of sp³-hybridized carbons (Fsp3) is 0.200. The highest BCUT2D eigenvalue weighted by Gasteiger charge is 2.44. The Bertz CT molecular complexity index is 272. The molecule has 1 unspecified atom stereocenters. The molecule has 1 rings (SSSR count). The number of halogens is 1. The van der Waals surface area contributed by atoms with Crippen LogP contribution in [0.1, 0.15) is 0 Å². The Balaban J connectivity index is 2.99. The van der Waals surface area contributed by atoms with E-state index in [0.29, 0.717) is 0 Å². The molecular formula is C5H3ClN2O2S. The molecular weight excluding hydrogens is 188 g/mol. The number of carbonyl (C=O) groups is 1. The summed E-state index contributed by atoms with van der Waals surface area (Å²) in [7, 11) is 0. The zero-order valence-corrected chi connectivity index (χ0v) is 6.74. The largest absolute Gasteiger partial charge is 0.479 e. The maximum Gasteiger partial charge on any atom is 0.345 e. The van der Waals surface area contributed by atoms with E-state index in [9.17, 15) is 4.79 Å². The smallest absolute Gasteiger partial charge is 0.345 e. The number of alkyl halides is 1. The first-order chi connectivity index (χ1) is 5.11. The average Bonchev–Trinajstić information content (AvgIpc) is 2.32. The minimum absolute atomic E-state index is 0.0108. The number of aliphatic carboxylic acids is 1. The van der Waals surface area contributed by atoms with Crippen molar-refractivity contribution in [2.75, 3.05) is 0 Å². The lowest BCUT2D eigenvalue weighted by atomic mass is 10.1. The van der Waals surface area contributed by atoms with Gasteiger partial charge in [-0.1, -0.05) is 11.6 Å². The second kappa shape index (κ2) is 2.74. The third kappa shape index (κ3) is 1.20. The Labute approximate surface area is 72.0 Å². The predicted molar refractivity (Wildman–Crippen MR) is 40.6 cm³/mol. The lowest BCUT2D eigenvalue weighted by molar-refractivity contribution is -0.139. The van der Waals surface area contributed by atoms with Gasteiger partial charge >= 0.3 is 5.97 Å². The number of nitrogens with zero attached hydrogens (tertiary/aromatic N) is 1. The molecule has 0 aromatic heterocycles. The topological polar surface area (TPSA) is 73.1 Å². The van der Waals surface area contributed by atoms with Gasteiger partial charge < -0.3 is 5.11 Å². The summed E-state index contributed by atoms with van der Waals surface area (Å²) in [6, 6.07) is 1.70. The first-order valence-corrected chi connectivity index (χ1v) is 3.83. The summed E-state index contributed by atoms with van der Waals surface area (Å²) in [5.74, 6) is -1.27. The van der Waals surface area contributed by atoms with Crippen molar-refractivity contribution >= 4 is 29.5 Å². The first kappa shape index (κ1) is 8.40. The number of hydrogen-bond acceptors (Lipinski definition) is 4. The van der Waals surface area contributed by atoms with Gasteiger partial charge in [0.2, 0.25) is 5.00 Å². The van der Waals surface area contributed by atoms with E-state index < -0.39 is 11.0 Å². The predicted octanol–water partition coefficient (Wildman–Crippen LogP) is 0.665. The Morgan fingerprint density at radius 1 is 2.00 bits per heavy atom. The molecule has 0 saturated carbocycles. The molecule has 0 aromatic rings. The molecule has 0 aliphatic carbocycles. The van der Waals surface area contributed by atoms with Crippen LogP contribution in [0, 0.1) is 11.3 Å². The van der Waals surface area contributed by atoms with Gasteiger partial charge in [-0.3, -0.25) is 0 Å². The van der Waals surface area contributed by atoms with E-state index in [1.807, 2.05) is 0 Å². The van der Waals surface area contributed by atoms with E-state index in [0.717, 1.165) is 11.9 Å². The molecule has 1 heterocycles. The summed E-state index contributed by atoms with van der Waals surface area (Å²) in [5, 5.41) is 18.4. The van der Waals surface area contributed by atoms with E-state index in [2.05, 4.69) is 4.72 Å². The zero-order chi connectivity index (χ0) is 8.48. The minimum atomic E-state index is -1.74. The van der Waals surface area contributed by atoms with Crippen LogP contribution in [-0.2, 0) is 4.79 Å². The summed E-state index contributed by atoms with van der Waals surface area (Å²) < 4.78 is 2.40. The molecule has 1 aliphatic heterocycles. The maximum absolute atomic E-state index is 10.5. The summed E-state index contributed by atoms with van der Waals surface area (Å²) in [5.41, 5.74) is 0.0108. The Morgan fingerprint density at radius 2 is 2.64 bits per heavy atom. The molecule has 58 valence electrons. The number of hydrogen-bond donors (Lipinski definition) is 2. The van der Waals surface area contributed by atoms with Crippen LogP contribution >= 0.6 is 23.5 Å². The lowest BCUT2D eigenvalue weighted by Crippen LogP contribution is -2.41. The summed E-state index contributed by atoms with van der Waals surface area (Å²) in [6.07, 6.45) is 0. The molecule has 6 heteroatoms. The number of carboxylic acid groups (broad SMARTS) is 1. The normalized spacial score (nSPS) is 29.3. The van der Waals surface area contributed by atoms with Gasteiger partial charge in [-0.15, -0.1) is 0 Å². The molecule has 0 fully saturated rings. The van der Waals surface area contributed by atoms with Gasteiger partial charge in [0, 0.05) is 5.41 Å². The first-order valence-electron chi connectivity index (χ1n) is 2.57. The van der Waals surface area contributed by atoms with Gasteiger partial charge in [-0.25, -0.2) is 9.52 Å².